The molecule has 1 aromatic rings. The number of carbonyl (C=O) groups excluding carboxylic acids is 3. The molecule has 9 atom stereocenters. The number of fused-ring (bicyclic) bond motifs is 5. The number of halogens is 1. The Morgan fingerprint density at radius 3 is 2.43 bits per heavy atom. The monoisotopic (exact) mass is 522 g/mol. The minimum absolute atomic E-state index is 0. The Kier molecular flexibility index (Phi) is 7.57. The van der Waals surface area contributed by atoms with Gasteiger partial charge in [-0.15, -0.1) is 0 Å². The molecular formula is C29H36FNaO6. The summed E-state index contributed by atoms with van der Waals surface area (Å²) in [6.45, 7) is 5.96. The van der Waals surface area contributed by atoms with Gasteiger partial charge in [0.05, 0.1) is 17.5 Å². The normalized spacial score (nSPS) is 44.5. The van der Waals surface area contributed by atoms with E-state index in [1.165, 1.54) is 0 Å². The molecule has 0 aliphatic heterocycles. The van der Waals surface area contributed by atoms with Gasteiger partial charge in [0.25, 0.3) is 0 Å². The largest absolute Gasteiger partial charge is 1.00 e. The summed E-state index contributed by atoms with van der Waals surface area (Å²) in [4.78, 5) is 38.9. The third-order valence-electron chi connectivity index (χ3n) is 10.8. The number of esters is 1. The van der Waals surface area contributed by atoms with Gasteiger partial charge in [-0.25, -0.2) is 15.8 Å². The van der Waals surface area contributed by atoms with E-state index < -0.39 is 51.8 Å². The van der Waals surface area contributed by atoms with E-state index in [2.05, 4.69) is 0 Å². The van der Waals surface area contributed by atoms with Crippen LogP contribution in [-0.2, 0) is 14.3 Å². The van der Waals surface area contributed by atoms with Gasteiger partial charge in [-0.3, -0.25) is 4.79 Å². The zero-order valence-corrected chi connectivity index (χ0v) is 24.2. The van der Waals surface area contributed by atoms with Gasteiger partial charge in [0.1, 0.15) is 11.5 Å². The molecule has 0 amide bonds. The Hall–Kier alpha value is -1.25. The van der Waals surface area contributed by atoms with Crippen LogP contribution in [0.15, 0.2) is 30.3 Å². The maximum absolute atomic E-state index is 17.4. The molecule has 0 aromatic heterocycles. The van der Waals surface area contributed by atoms with Crippen LogP contribution >= 0.6 is 0 Å². The number of ketones is 2. The van der Waals surface area contributed by atoms with E-state index in [0.29, 0.717) is 45.1 Å². The van der Waals surface area contributed by atoms with Crippen LogP contribution in [-0.4, -0.2) is 45.1 Å². The summed E-state index contributed by atoms with van der Waals surface area (Å²) in [6.07, 6.45) is 1.20. The number of hydrogen-bond acceptors (Lipinski definition) is 6. The molecule has 196 valence electrons. The molecule has 4 aliphatic carbocycles. The molecule has 5 rings (SSSR count). The van der Waals surface area contributed by atoms with Gasteiger partial charge in [-0.05, 0) is 62.0 Å². The number of benzene rings is 1. The van der Waals surface area contributed by atoms with Gasteiger partial charge in [0.2, 0.25) is 0 Å². The topological polar surface area (TPSA) is 101 Å². The Morgan fingerprint density at radius 2 is 1.78 bits per heavy atom. The molecular weight excluding hydrogens is 486 g/mol. The first kappa shape index (κ1) is 28.8. The summed E-state index contributed by atoms with van der Waals surface area (Å²) >= 11 is 0. The van der Waals surface area contributed by atoms with Crippen LogP contribution in [0.25, 0.3) is 0 Å². The summed E-state index contributed by atoms with van der Waals surface area (Å²) < 4.78 is 23.5. The first-order valence-electron chi connectivity index (χ1n) is 13.1. The van der Waals surface area contributed by atoms with Crippen molar-refractivity contribution >= 4 is 17.5 Å². The molecule has 4 saturated carbocycles. The molecule has 4 aliphatic rings. The van der Waals surface area contributed by atoms with Crippen LogP contribution in [0.4, 0.5) is 4.39 Å². The van der Waals surface area contributed by atoms with E-state index in [-0.39, 0.29) is 59.2 Å². The Labute approximate surface area is 240 Å². The maximum Gasteiger partial charge on any atom is 1.00 e. The van der Waals surface area contributed by atoms with Gasteiger partial charge >= 0.3 is 35.5 Å². The van der Waals surface area contributed by atoms with E-state index in [4.69, 9.17) is 4.74 Å². The molecule has 0 heterocycles. The summed E-state index contributed by atoms with van der Waals surface area (Å²) in [5, 5.41) is 21.5. The standard InChI is InChI=1S/C29H36FO6.Na/c1-17-13-22-21-10-9-19-14-20(32)11-12-26(19,2)28(21,30)23(33)15-27(22,3)29(17,24(34)16-31)36-25(35)18-7-5-4-6-8-18;/h4-8,16-17,19,21-23,31,33H,9-15H2,1-3H3;/q-1;+1/t17-,19+,21+,22+,23+,26+,27+,28+,29-;/m1./s1. The summed E-state index contributed by atoms with van der Waals surface area (Å²) in [6, 6.07) is 8.35. The van der Waals surface area contributed by atoms with Crippen molar-refractivity contribution in [3.8, 4) is 0 Å². The molecule has 0 bridgehead atoms. The number of ether oxygens (including phenoxy) is 1. The molecule has 4 fully saturated rings. The SMILES string of the molecule is C[C@@H]1C[C@H]2[C@@H]3CC[C@H]4CC(=O)CC[C@]4(C)[C@@]3(F)[C@@H](O)C[C@]2(C)[C@]1(OC(=O)c1ccccc1)C(=O)[CH-]O.[Na+]. The van der Waals surface area contributed by atoms with Crippen LogP contribution in [0.1, 0.15) is 76.1 Å². The molecule has 0 spiro atoms. The van der Waals surface area contributed by atoms with Crippen LogP contribution in [0.5, 0.6) is 0 Å². The number of rotatable bonds is 4. The second-order valence-electron chi connectivity index (χ2n) is 12.2. The minimum Gasteiger partial charge on any atom is -0.540 e. The second kappa shape index (κ2) is 9.74. The first-order chi connectivity index (χ1) is 17.0. The number of alkyl halides is 1. The van der Waals surface area contributed by atoms with E-state index >= 15 is 4.39 Å². The number of Topliss-reactive ketones (excluding diaryl/α,β-unsaturated/α-hetero) is 2. The number of aliphatic hydroxyl groups is 2. The zero-order valence-electron chi connectivity index (χ0n) is 22.2. The van der Waals surface area contributed by atoms with E-state index in [0.717, 1.165) is 0 Å². The van der Waals surface area contributed by atoms with Gasteiger partial charge < -0.3 is 19.7 Å². The third-order valence-corrected chi connectivity index (χ3v) is 10.8. The number of hydrogen-bond donors (Lipinski definition) is 2. The maximum atomic E-state index is 17.4. The summed E-state index contributed by atoms with van der Waals surface area (Å²) in [7, 11) is 0. The van der Waals surface area contributed by atoms with Crippen LogP contribution in [0.2, 0.25) is 0 Å². The molecule has 1 aromatic carbocycles. The van der Waals surface area contributed by atoms with E-state index in [1.54, 1.807) is 30.3 Å². The number of aliphatic hydroxyl groups excluding tert-OH is 2. The van der Waals surface area contributed by atoms with Gasteiger partial charge in [-0.2, -0.15) is 0 Å². The van der Waals surface area contributed by atoms with Crippen molar-refractivity contribution in [2.24, 2.45) is 34.5 Å². The number of carbonyl (C=O) groups is 3. The smallest absolute Gasteiger partial charge is 0.540 e. The first-order valence-corrected chi connectivity index (χ1v) is 13.1. The predicted octanol–water partition coefficient (Wildman–Crippen LogP) is 1.61. The summed E-state index contributed by atoms with van der Waals surface area (Å²) in [5.41, 5.74) is -5.29. The quantitative estimate of drug-likeness (QED) is 0.354. The molecule has 0 saturated heterocycles. The molecule has 0 radical (unpaired) electrons. The predicted molar refractivity (Wildman–Crippen MR) is 129 cm³/mol. The zero-order chi connectivity index (χ0) is 26.1. The van der Waals surface area contributed by atoms with Crippen LogP contribution in [0.3, 0.4) is 0 Å². The fourth-order valence-electron chi connectivity index (χ4n) is 9.04. The Bertz CT molecular complexity index is 1080. The van der Waals surface area contributed by atoms with Gasteiger partial charge in [0.15, 0.2) is 5.60 Å². The average Bonchev–Trinajstić information content (AvgIpc) is 3.07. The molecule has 37 heavy (non-hydrogen) atoms. The molecule has 8 heteroatoms. The molecule has 2 N–H and O–H groups in total. The average molecular weight is 523 g/mol. The third kappa shape index (κ3) is 3.75. The van der Waals surface area contributed by atoms with Crippen molar-refractivity contribution in [3.05, 3.63) is 42.5 Å². The molecule has 6 nitrogen and oxygen atoms in total. The van der Waals surface area contributed by atoms with Crippen molar-refractivity contribution in [1.29, 1.82) is 0 Å². The van der Waals surface area contributed by atoms with Gasteiger partial charge in [-0.1, -0.05) is 39.0 Å². The Morgan fingerprint density at radius 1 is 1.11 bits per heavy atom. The van der Waals surface area contributed by atoms with Crippen molar-refractivity contribution < 1.29 is 63.3 Å². The Balaban J connectivity index is 0.00000320. The van der Waals surface area contributed by atoms with Crippen LogP contribution < -0.4 is 29.6 Å². The van der Waals surface area contributed by atoms with Crippen molar-refractivity contribution in [3.63, 3.8) is 0 Å². The van der Waals surface area contributed by atoms with Gasteiger partial charge in [0, 0.05) is 29.6 Å². The van der Waals surface area contributed by atoms with E-state index in [9.17, 15) is 24.6 Å². The van der Waals surface area contributed by atoms with Crippen molar-refractivity contribution in [2.45, 2.75) is 83.1 Å². The second-order valence-corrected chi connectivity index (χ2v) is 12.2. The summed E-state index contributed by atoms with van der Waals surface area (Å²) in [5.74, 6) is -2.77. The fraction of sp³-hybridized carbons (Fsp3) is 0.655. The van der Waals surface area contributed by atoms with Crippen LogP contribution in [0, 0.1) is 41.1 Å². The van der Waals surface area contributed by atoms with Crippen molar-refractivity contribution in [2.75, 3.05) is 0 Å². The van der Waals surface area contributed by atoms with Crippen molar-refractivity contribution in [1.82, 2.24) is 0 Å². The minimum atomic E-state index is -1.91. The van der Waals surface area contributed by atoms with E-state index in [1.807, 2.05) is 20.8 Å². The molecule has 0 unspecified atom stereocenters. The fourth-order valence-corrected chi connectivity index (χ4v) is 9.04.